The number of amides is 1. The summed E-state index contributed by atoms with van der Waals surface area (Å²) in [6.45, 7) is 4.46. The lowest BCUT2D eigenvalue weighted by atomic mass is 10.1. The van der Waals surface area contributed by atoms with E-state index in [1.54, 1.807) is 0 Å². The maximum atomic E-state index is 12.3. The van der Waals surface area contributed by atoms with Gasteiger partial charge in [-0.05, 0) is 36.6 Å². The average molecular weight is 282 g/mol. The lowest BCUT2D eigenvalue weighted by Crippen LogP contribution is -2.30. The molecule has 21 heavy (non-hydrogen) atoms. The number of carbonyl (C=O) groups is 1. The number of likely N-dealkylation sites (N-methyl/N-ethyl adjacent to an activating group) is 1. The lowest BCUT2D eigenvalue weighted by Gasteiger charge is -2.20. The van der Waals surface area contributed by atoms with Crippen LogP contribution in [0.25, 0.3) is 0 Å². The second-order valence-corrected chi connectivity index (χ2v) is 5.20. The topological polar surface area (TPSA) is 32.3 Å². The number of anilines is 2. The van der Waals surface area contributed by atoms with Gasteiger partial charge in [0.1, 0.15) is 0 Å². The van der Waals surface area contributed by atoms with Gasteiger partial charge in [0.2, 0.25) is 5.91 Å². The molecule has 3 heteroatoms. The maximum absolute atomic E-state index is 12.3. The highest BCUT2D eigenvalue weighted by Crippen LogP contribution is 2.21. The molecule has 1 amide bonds. The summed E-state index contributed by atoms with van der Waals surface area (Å²) in [4.78, 5) is 14.2. The van der Waals surface area contributed by atoms with Crippen LogP contribution in [-0.4, -0.2) is 19.5 Å². The molecule has 2 rings (SSSR count). The van der Waals surface area contributed by atoms with Gasteiger partial charge < -0.3 is 10.2 Å². The lowest BCUT2D eigenvalue weighted by molar-refractivity contribution is -0.114. The quantitative estimate of drug-likeness (QED) is 0.908. The highest BCUT2D eigenvalue weighted by Gasteiger charge is 2.11. The summed E-state index contributed by atoms with van der Waals surface area (Å²) in [5.41, 5.74) is 4.26. The summed E-state index contributed by atoms with van der Waals surface area (Å²) in [5, 5.41) is 3.05. The van der Waals surface area contributed by atoms with Gasteiger partial charge in [-0.1, -0.05) is 43.3 Å². The highest BCUT2D eigenvalue weighted by molar-refractivity contribution is 5.95. The number of para-hydroxylation sites is 2. The fraction of sp³-hybridized carbons (Fsp3) is 0.278. The molecule has 0 saturated heterocycles. The molecule has 0 atom stereocenters. The summed E-state index contributed by atoms with van der Waals surface area (Å²) in [6.07, 6.45) is 0.909. The number of carbonyl (C=O) groups excluding carboxylic acids is 1. The monoisotopic (exact) mass is 282 g/mol. The SMILES string of the molecule is CCc1cccc(C)c1NC(=O)CN(C)c1ccccc1. The molecule has 110 valence electrons. The first-order valence-corrected chi connectivity index (χ1v) is 7.26. The number of rotatable bonds is 5. The molecule has 0 aliphatic carbocycles. The van der Waals surface area contributed by atoms with Crippen LogP contribution in [0.1, 0.15) is 18.1 Å². The number of nitrogens with zero attached hydrogens (tertiary/aromatic N) is 1. The minimum atomic E-state index is 0.00496. The van der Waals surface area contributed by atoms with E-state index in [-0.39, 0.29) is 5.91 Å². The summed E-state index contributed by atoms with van der Waals surface area (Å²) in [7, 11) is 1.92. The zero-order valence-corrected chi connectivity index (χ0v) is 12.9. The smallest absolute Gasteiger partial charge is 0.243 e. The van der Waals surface area contributed by atoms with Gasteiger partial charge in [-0.2, -0.15) is 0 Å². The van der Waals surface area contributed by atoms with Gasteiger partial charge in [0, 0.05) is 18.4 Å². The summed E-state index contributed by atoms with van der Waals surface area (Å²) in [5.74, 6) is 0.00496. The first-order chi connectivity index (χ1) is 10.1. The van der Waals surface area contributed by atoms with Crippen molar-refractivity contribution in [2.24, 2.45) is 0 Å². The van der Waals surface area contributed by atoms with Crippen molar-refractivity contribution in [2.45, 2.75) is 20.3 Å². The second kappa shape index (κ2) is 6.93. The van der Waals surface area contributed by atoms with Crippen molar-refractivity contribution < 1.29 is 4.79 Å². The van der Waals surface area contributed by atoms with Gasteiger partial charge in [0.05, 0.1) is 6.54 Å². The molecular formula is C18H22N2O. The van der Waals surface area contributed by atoms with E-state index in [1.165, 1.54) is 5.56 Å². The Kier molecular flexibility index (Phi) is 4.99. The Morgan fingerprint density at radius 1 is 1.10 bits per heavy atom. The van der Waals surface area contributed by atoms with Crippen LogP contribution in [0.4, 0.5) is 11.4 Å². The molecule has 0 fully saturated rings. The minimum absolute atomic E-state index is 0.00496. The van der Waals surface area contributed by atoms with Crippen LogP contribution in [0.2, 0.25) is 0 Å². The number of nitrogens with one attached hydrogen (secondary N) is 1. The number of hydrogen-bond acceptors (Lipinski definition) is 2. The molecular weight excluding hydrogens is 260 g/mol. The Labute approximate surface area is 126 Å². The van der Waals surface area contributed by atoms with Gasteiger partial charge in [-0.15, -0.1) is 0 Å². The van der Waals surface area contributed by atoms with Crippen LogP contribution >= 0.6 is 0 Å². The van der Waals surface area contributed by atoms with E-state index in [0.29, 0.717) is 6.54 Å². The van der Waals surface area contributed by atoms with E-state index in [0.717, 1.165) is 23.4 Å². The number of aryl methyl sites for hydroxylation is 2. The Hall–Kier alpha value is -2.29. The van der Waals surface area contributed by atoms with Crippen LogP contribution in [0.15, 0.2) is 48.5 Å². The van der Waals surface area contributed by atoms with Crippen LogP contribution < -0.4 is 10.2 Å². The van der Waals surface area contributed by atoms with E-state index in [1.807, 2.05) is 61.3 Å². The molecule has 1 N–H and O–H groups in total. The fourth-order valence-electron chi connectivity index (χ4n) is 2.37. The van der Waals surface area contributed by atoms with Crippen LogP contribution in [0, 0.1) is 6.92 Å². The summed E-state index contributed by atoms with van der Waals surface area (Å²) < 4.78 is 0. The molecule has 2 aromatic rings. The molecule has 0 spiro atoms. The van der Waals surface area contributed by atoms with Crippen molar-refractivity contribution in [3.05, 3.63) is 59.7 Å². The Morgan fingerprint density at radius 3 is 2.48 bits per heavy atom. The van der Waals surface area contributed by atoms with Crippen LogP contribution in [0.3, 0.4) is 0 Å². The number of hydrogen-bond donors (Lipinski definition) is 1. The second-order valence-electron chi connectivity index (χ2n) is 5.20. The van der Waals surface area contributed by atoms with E-state index < -0.39 is 0 Å². The van der Waals surface area contributed by atoms with Gasteiger partial charge in [-0.3, -0.25) is 4.79 Å². The third-order valence-electron chi connectivity index (χ3n) is 3.58. The predicted molar refractivity (Wildman–Crippen MR) is 88.9 cm³/mol. The van der Waals surface area contributed by atoms with Crippen molar-refractivity contribution in [1.82, 2.24) is 0 Å². The van der Waals surface area contributed by atoms with Crippen LogP contribution in [-0.2, 0) is 11.2 Å². The van der Waals surface area contributed by atoms with E-state index in [9.17, 15) is 4.79 Å². The first kappa shape index (κ1) is 15.1. The van der Waals surface area contributed by atoms with Gasteiger partial charge >= 0.3 is 0 Å². The van der Waals surface area contributed by atoms with Crippen molar-refractivity contribution in [3.63, 3.8) is 0 Å². The minimum Gasteiger partial charge on any atom is -0.365 e. The van der Waals surface area contributed by atoms with Crippen molar-refractivity contribution >= 4 is 17.3 Å². The normalized spacial score (nSPS) is 10.2. The molecule has 0 aromatic heterocycles. The van der Waals surface area contributed by atoms with Gasteiger partial charge in [0.15, 0.2) is 0 Å². The zero-order valence-electron chi connectivity index (χ0n) is 12.9. The molecule has 0 unspecified atom stereocenters. The molecule has 2 aromatic carbocycles. The number of benzene rings is 2. The maximum Gasteiger partial charge on any atom is 0.243 e. The Bertz CT molecular complexity index is 608. The fourth-order valence-corrected chi connectivity index (χ4v) is 2.37. The molecule has 0 bridgehead atoms. The summed E-state index contributed by atoms with van der Waals surface area (Å²) in [6, 6.07) is 16.0. The zero-order chi connectivity index (χ0) is 15.2. The summed E-state index contributed by atoms with van der Waals surface area (Å²) >= 11 is 0. The molecule has 0 radical (unpaired) electrons. The van der Waals surface area contributed by atoms with Crippen molar-refractivity contribution in [2.75, 3.05) is 23.8 Å². The molecule has 0 aliphatic rings. The third kappa shape index (κ3) is 3.85. The molecule has 3 nitrogen and oxygen atoms in total. The standard InChI is InChI=1S/C18H22N2O/c1-4-15-10-8-9-14(2)18(15)19-17(21)13-20(3)16-11-6-5-7-12-16/h5-12H,4,13H2,1-3H3,(H,19,21). The van der Waals surface area contributed by atoms with Crippen molar-refractivity contribution in [1.29, 1.82) is 0 Å². The van der Waals surface area contributed by atoms with E-state index in [4.69, 9.17) is 0 Å². The first-order valence-electron chi connectivity index (χ1n) is 7.26. The average Bonchev–Trinajstić information content (AvgIpc) is 2.50. The predicted octanol–water partition coefficient (Wildman–Crippen LogP) is 3.63. The molecule has 0 heterocycles. The molecule has 0 aliphatic heterocycles. The van der Waals surface area contributed by atoms with E-state index >= 15 is 0 Å². The highest BCUT2D eigenvalue weighted by atomic mass is 16.2. The Balaban J connectivity index is 2.06. The van der Waals surface area contributed by atoms with E-state index in [2.05, 4.69) is 18.3 Å². The molecule has 0 saturated carbocycles. The van der Waals surface area contributed by atoms with Gasteiger partial charge in [-0.25, -0.2) is 0 Å². The van der Waals surface area contributed by atoms with Crippen molar-refractivity contribution in [3.8, 4) is 0 Å². The largest absolute Gasteiger partial charge is 0.365 e. The third-order valence-corrected chi connectivity index (χ3v) is 3.58. The van der Waals surface area contributed by atoms with Gasteiger partial charge in [0.25, 0.3) is 0 Å². The Morgan fingerprint density at radius 2 is 1.81 bits per heavy atom. The van der Waals surface area contributed by atoms with Crippen LogP contribution in [0.5, 0.6) is 0 Å².